The maximum atomic E-state index is 9.37. The molecule has 0 atom stereocenters. The van der Waals surface area contributed by atoms with Crippen LogP contribution in [0.4, 0.5) is 5.69 Å². The number of hydrogen-bond donors (Lipinski definition) is 1. The molecule has 118 valence electrons. The summed E-state index contributed by atoms with van der Waals surface area (Å²) in [5, 5.41) is 12.5. The number of nitriles is 1. The van der Waals surface area contributed by atoms with Gasteiger partial charge in [-0.3, -0.25) is 0 Å². The lowest BCUT2D eigenvalue weighted by Crippen LogP contribution is -2.10. The molecule has 0 amide bonds. The Bertz CT molecular complexity index is 731. The number of nitrogens with zero attached hydrogens (tertiary/aromatic N) is 1. The van der Waals surface area contributed by atoms with Crippen LogP contribution in [0.3, 0.4) is 0 Å². The van der Waals surface area contributed by atoms with Gasteiger partial charge in [0.2, 0.25) is 0 Å². The average molecular weight is 306 g/mol. The molecule has 23 heavy (non-hydrogen) atoms. The molecule has 0 aliphatic rings. The summed E-state index contributed by atoms with van der Waals surface area (Å²) in [6.07, 6.45) is 1.83. The zero-order chi connectivity index (χ0) is 16.9. The van der Waals surface area contributed by atoms with Crippen molar-refractivity contribution in [1.29, 1.82) is 5.26 Å². The van der Waals surface area contributed by atoms with E-state index < -0.39 is 0 Å². The van der Waals surface area contributed by atoms with Gasteiger partial charge >= 0.3 is 0 Å². The van der Waals surface area contributed by atoms with Crippen molar-refractivity contribution in [3.63, 3.8) is 0 Å². The fourth-order valence-corrected chi connectivity index (χ4v) is 2.24. The van der Waals surface area contributed by atoms with E-state index in [-0.39, 0.29) is 5.41 Å². The van der Waals surface area contributed by atoms with E-state index in [0.29, 0.717) is 11.4 Å². The molecule has 2 aromatic rings. The van der Waals surface area contributed by atoms with E-state index in [2.05, 4.69) is 44.3 Å². The van der Waals surface area contributed by atoms with E-state index in [0.717, 1.165) is 11.3 Å². The summed E-state index contributed by atoms with van der Waals surface area (Å²) in [5.74, 6) is 0.705. The second kappa shape index (κ2) is 7.02. The van der Waals surface area contributed by atoms with Crippen LogP contribution in [0, 0.1) is 11.3 Å². The minimum atomic E-state index is 0.121. The first-order valence-electron chi connectivity index (χ1n) is 7.56. The molecule has 3 nitrogen and oxygen atoms in total. The lowest BCUT2D eigenvalue weighted by Gasteiger charge is -2.18. The molecule has 0 unspecified atom stereocenters. The first-order chi connectivity index (χ1) is 10.9. The minimum absolute atomic E-state index is 0.121. The Hall–Kier alpha value is -2.73. The van der Waals surface area contributed by atoms with Gasteiger partial charge in [0, 0.05) is 0 Å². The molecule has 0 aliphatic carbocycles. The number of para-hydroxylation sites is 2. The largest absolute Gasteiger partial charge is 0.495 e. The minimum Gasteiger partial charge on any atom is -0.495 e. The van der Waals surface area contributed by atoms with Crippen LogP contribution in [0.25, 0.3) is 6.08 Å². The van der Waals surface area contributed by atoms with Gasteiger partial charge in [-0.2, -0.15) is 5.26 Å². The Kier molecular flexibility index (Phi) is 5.08. The van der Waals surface area contributed by atoms with Gasteiger partial charge in [-0.05, 0) is 34.8 Å². The normalized spacial score (nSPS) is 11.7. The molecule has 0 spiro atoms. The molecule has 0 radical (unpaired) electrons. The zero-order valence-corrected chi connectivity index (χ0v) is 14.1. The third kappa shape index (κ3) is 4.37. The summed E-state index contributed by atoms with van der Waals surface area (Å²) in [4.78, 5) is 0. The van der Waals surface area contributed by atoms with Gasteiger partial charge in [0.1, 0.15) is 17.5 Å². The smallest absolute Gasteiger partial charge is 0.142 e. The van der Waals surface area contributed by atoms with E-state index in [9.17, 15) is 5.26 Å². The van der Waals surface area contributed by atoms with E-state index >= 15 is 0 Å². The van der Waals surface area contributed by atoms with Crippen molar-refractivity contribution < 1.29 is 4.74 Å². The number of hydrogen-bond acceptors (Lipinski definition) is 3. The summed E-state index contributed by atoms with van der Waals surface area (Å²) in [7, 11) is 1.61. The summed E-state index contributed by atoms with van der Waals surface area (Å²) in [6, 6.07) is 18.0. The van der Waals surface area contributed by atoms with Crippen molar-refractivity contribution in [2.75, 3.05) is 12.4 Å². The van der Waals surface area contributed by atoms with E-state index in [1.54, 1.807) is 7.11 Å². The Morgan fingerprint density at radius 2 is 1.74 bits per heavy atom. The summed E-state index contributed by atoms with van der Waals surface area (Å²) < 4.78 is 5.29. The van der Waals surface area contributed by atoms with E-state index in [1.807, 2.05) is 42.5 Å². The van der Waals surface area contributed by atoms with Gasteiger partial charge in [0.25, 0.3) is 0 Å². The Balaban J connectivity index is 2.24. The van der Waals surface area contributed by atoms with Crippen LogP contribution in [0.5, 0.6) is 5.75 Å². The van der Waals surface area contributed by atoms with Gasteiger partial charge in [0.15, 0.2) is 0 Å². The Morgan fingerprint density at radius 3 is 2.30 bits per heavy atom. The molecular formula is C20H22N2O. The summed E-state index contributed by atoms with van der Waals surface area (Å²) >= 11 is 0. The fraction of sp³-hybridized carbons (Fsp3) is 0.250. The van der Waals surface area contributed by atoms with Crippen molar-refractivity contribution in [3.8, 4) is 11.8 Å². The molecule has 0 heterocycles. The highest BCUT2D eigenvalue weighted by Crippen LogP contribution is 2.26. The zero-order valence-electron chi connectivity index (χ0n) is 14.1. The van der Waals surface area contributed by atoms with Crippen LogP contribution in [0.2, 0.25) is 0 Å². The molecule has 3 heteroatoms. The lowest BCUT2D eigenvalue weighted by atomic mass is 9.87. The van der Waals surface area contributed by atoms with Gasteiger partial charge in [-0.25, -0.2) is 0 Å². The van der Waals surface area contributed by atoms with E-state index in [1.165, 1.54) is 5.56 Å². The highest BCUT2D eigenvalue weighted by atomic mass is 16.5. The predicted octanol–water partition coefficient (Wildman–Crippen LogP) is 4.97. The molecule has 2 rings (SSSR count). The van der Waals surface area contributed by atoms with Crippen molar-refractivity contribution in [1.82, 2.24) is 0 Å². The highest BCUT2D eigenvalue weighted by molar-refractivity contribution is 5.68. The van der Waals surface area contributed by atoms with Crippen LogP contribution in [-0.4, -0.2) is 7.11 Å². The van der Waals surface area contributed by atoms with Crippen LogP contribution < -0.4 is 10.1 Å². The van der Waals surface area contributed by atoms with Crippen molar-refractivity contribution in [2.45, 2.75) is 26.2 Å². The molecule has 0 bridgehead atoms. The Morgan fingerprint density at radius 1 is 1.09 bits per heavy atom. The molecule has 2 aromatic carbocycles. The first-order valence-corrected chi connectivity index (χ1v) is 7.56. The van der Waals surface area contributed by atoms with Crippen LogP contribution in [0.1, 0.15) is 31.9 Å². The maximum Gasteiger partial charge on any atom is 0.142 e. The molecule has 0 fully saturated rings. The van der Waals surface area contributed by atoms with E-state index in [4.69, 9.17) is 4.74 Å². The van der Waals surface area contributed by atoms with Crippen molar-refractivity contribution in [2.24, 2.45) is 0 Å². The topological polar surface area (TPSA) is 45.0 Å². The van der Waals surface area contributed by atoms with Gasteiger partial charge in [0.05, 0.1) is 12.8 Å². The fourth-order valence-electron chi connectivity index (χ4n) is 2.24. The second-order valence-electron chi connectivity index (χ2n) is 6.37. The molecule has 0 aliphatic heterocycles. The average Bonchev–Trinajstić information content (AvgIpc) is 2.54. The number of ether oxygens (including phenoxy) is 1. The van der Waals surface area contributed by atoms with Crippen LogP contribution in [-0.2, 0) is 5.41 Å². The predicted molar refractivity (Wildman–Crippen MR) is 95.3 cm³/mol. The summed E-state index contributed by atoms with van der Waals surface area (Å²) in [6.45, 7) is 6.55. The third-order valence-corrected chi connectivity index (χ3v) is 3.58. The molecular weight excluding hydrogens is 284 g/mol. The molecule has 1 N–H and O–H groups in total. The number of nitrogens with one attached hydrogen (secondary N) is 1. The third-order valence-electron chi connectivity index (χ3n) is 3.58. The van der Waals surface area contributed by atoms with Gasteiger partial charge in [-0.15, -0.1) is 0 Å². The standard InChI is InChI=1S/C20H22N2O/c1-20(2,3)16-11-9-15(10-12-16)13-17(14-21)22-18-7-5-6-8-19(18)23-4/h5-13,22H,1-4H3/b17-13+. The maximum absolute atomic E-state index is 9.37. The van der Waals surface area contributed by atoms with Gasteiger partial charge < -0.3 is 10.1 Å². The highest BCUT2D eigenvalue weighted by Gasteiger charge is 2.12. The number of benzene rings is 2. The number of methoxy groups -OCH3 is 1. The molecule has 0 aromatic heterocycles. The van der Waals surface area contributed by atoms with Crippen molar-refractivity contribution in [3.05, 3.63) is 65.4 Å². The monoisotopic (exact) mass is 306 g/mol. The van der Waals surface area contributed by atoms with Gasteiger partial charge in [-0.1, -0.05) is 57.2 Å². The second-order valence-corrected chi connectivity index (χ2v) is 6.37. The lowest BCUT2D eigenvalue weighted by molar-refractivity contribution is 0.417. The quantitative estimate of drug-likeness (QED) is 0.811. The first kappa shape index (κ1) is 16.6. The van der Waals surface area contributed by atoms with Crippen LogP contribution in [0.15, 0.2) is 54.2 Å². The van der Waals surface area contributed by atoms with Crippen molar-refractivity contribution >= 4 is 11.8 Å². The van der Waals surface area contributed by atoms with Crippen LogP contribution >= 0.6 is 0 Å². The number of anilines is 1. The number of rotatable bonds is 4. The Labute approximate surface area is 138 Å². The molecule has 0 saturated carbocycles. The SMILES string of the molecule is COc1ccccc1N/C(C#N)=C/c1ccc(C(C)(C)C)cc1. The number of allylic oxidation sites excluding steroid dienone is 1. The summed E-state index contributed by atoms with van der Waals surface area (Å²) in [5.41, 5.74) is 3.62. The molecule has 0 saturated heterocycles.